The van der Waals surface area contributed by atoms with Crippen LogP contribution in [-0.4, -0.2) is 71.8 Å². The normalized spacial score (nSPS) is 26.6. The van der Waals surface area contributed by atoms with Crippen LogP contribution in [0, 0.1) is 11.8 Å². The van der Waals surface area contributed by atoms with Crippen LogP contribution in [0.3, 0.4) is 0 Å². The van der Waals surface area contributed by atoms with E-state index in [1.54, 1.807) is 22.0 Å². The summed E-state index contributed by atoms with van der Waals surface area (Å²) in [4.78, 5) is 45.2. The Kier molecular flexibility index (Phi) is 8.38. The fourth-order valence-corrected chi connectivity index (χ4v) is 6.79. The van der Waals surface area contributed by atoms with E-state index in [4.69, 9.17) is 9.47 Å². The Morgan fingerprint density at radius 2 is 1.93 bits per heavy atom. The number of benzene rings is 2. The molecule has 3 saturated heterocycles. The monoisotopic (exact) mass is 546 g/mol. The summed E-state index contributed by atoms with van der Waals surface area (Å²) in [5, 5.41) is 11.3. The van der Waals surface area contributed by atoms with Gasteiger partial charge in [0.25, 0.3) is 5.91 Å². The molecule has 2 aromatic rings. The first kappa shape index (κ1) is 28.1. The number of aliphatic hydroxyl groups is 1. The Labute approximate surface area is 235 Å². The predicted molar refractivity (Wildman–Crippen MR) is 153 cm³/mol. The molecule has 0 saturated carbocycles. The molecule has 1 spiro atoms. The molecule has 40 heavy (non-hydrogen) atoms. The third-order valence-corrected chi connectivity index (χ3v) is 8.55. The van der Waals surface area contributed by atoms with Crippen molar-refractivity contribution in [3.63, 3.8) is 0 Å². The molecule has 0 radical (unpaired) electrons. The summed E-state index contributed by atoms with van der Waals surface area (Å²) in [5.41, 5.74) is -0.377. The molecule has 5 atom stereocenters. The highest BCUT2D eigenvalue weighted by atomic mass is 16.6. The smallest absolute Gasteiger partial charge is 0.312 e. The van der Waals surface area contributed by atoms with Gasteiger partial charge in [-0.2, -0.15) is 0 Å². The highest BCUT2D eigenvalue weighted by Crippen LogP contribution is 2.59. The lowest BCUT2D eigenvalue weighted by molar-refractivity contribution is -0.155. The van der Waals surface area contributed by atoms with Crippen molar-refractivity contribution in [3.8, 4) is 0 Å². The Balaban J connectivity index is 1.51. The summed E-state index contributed by atoms with van der Waals surface area (Å²) in [6, 6.07) is 12.9. The first-order valence-corrected chi connectivity index (χ1v) is 14.2. The van der Waals surface area contributed by atoms with Crippen molar-refractivity contribution in [1.29, 1.82) is 0 Å². The maximum atomic E-state index is 14.6. The number of anilines is 1. The quantitative estimate of drug-likeness (QED) is 0.232. The van der Waals surface area contributed by atoms with E-state index in [2.05, 4.69) is 13.2 Å². The topological polar surface area (TPSA) is 96.4 Å². The van der Waals surface area contributed by atoms with Gasteiger partial charge in [0.2, 0.25) is 5.91 Å². The standard InChI is InChI=1S/C32H38N2O6/c1-3-5-20-39-31(38)26-25-15-16-32(40-25)27(26)29(36)34(18-9-6-10-19-35)28(32)30(37)33(17-4-2)24-14-13-22-11-7-8-12-23(22)21-24/h3-4,7-8,11-14,21,25-28,35H,1-2,5-6,9-10,15-20H2/t25-,26+,27-,28?,32?/m0/s1. The minimum absolute atomic E-state index is 0.0708. The van der Waals surface area contributed by atoms with E-state index in [9.17, 15) is 19.5 Å². The molecule has 3 aliphatic rings. The van der Waals surface area contributed by atoms with Crippen LogP contribution < -0.4 is 4.90 Å². The molecule has 2 aromatic carbocycles. The lowest BCUT2D eigenvalue weighted by atomic mass is 9.70. The summed E-state index contributed by atoms with van der Waals surface area (Å²) in [6.45, 7) is 8.43. The highest BCUT2D eigenvalue weighted by Gasteiger charge is 2.75. The summed E-state index contributed by atoms with van der Waals surface area (Å²) in [7, 11) is 0. The van der Waals surface area contributed by atoms with Gasteiger partial charge in [0.05, 0.1) is 24.5 Å². The minimum atomic E-state index is -1.09. The van der Waals surface area contributed by atoms with Gasteiger partial charge in [0.1, 0.15) is 11.6 Å². The van der Waals surface area contributed by atoms with E-state index < -0.39 is 35.6 Å². The highest BCUT2D eigenvalue weighted by molar-refractivity contribution is 6.05. The van der Waals surface area contributed by atoms with Gasteiger partial charge in [-0.05, 0) is 61.4 Å². The molecule has 2 bridgehead atoms. The minimum Gasteiger partial charge on any atom is -0.465 e. The summed E-state index contributed by atoms with van der Waals surface area (Å²) in [6.07, 6.45) is 6.50. The van der Waals surface area contributed by atoms with Crippen LogP contribution >= 0.6 is 0 Å². The third-order valence-electron chi connectivity index (χ3n) is 8.55. The first-order valence-electron chi connectivity index (χ1n) is 14.2. The van der Waals surface area contributed by atoms with E-state index in [-0.39, 0.29) is 31.6 Å². The van der Waals surface area contributed by atoms with Crippen LogP contribution in [-0.2, 0) is 23.9 Å². The number of fused-ring (bicyclic) bond motifs is 2. The molecule has 0 aliphatic carbocycles. The van der Waals surface area contributed by atoms with Gasteiger partial charge < -0.3 is 24.4 Å². The van der Waals surface area contributed by atoms with Crippen LogP contribution in [0.15, 0.2) is 67.8 Å². The number of aliphatic hydroxyl groups excluding tert-OH is 1. The van der Waals surface area contributed by atoms with Crippen molar-refractivity contribution in [1.82, 2.24) is 4.90 Å². The van der Waals surface area contributed by atoms with Crippen LogP contribution in [0.2, 0.25) is 0 Å². The lowest BCUT2D eigenvalue weighted by Crippen LogP contribution is -2.56. The molecule has 212 valence electrons. The number of unbranched alkanes of at least 4 members (excludes halogenated alkanes) is 2. The number of carbonyl (C=O) groups excluding carboxylic acids is 3. The van der Waals surface area contributed by atoms with E-state index in [1.807, 2.05) is 42.5 Å². The molecule has 3 aliphatic heterocycles. The zero-order chi connectivity index (χ0) is 28.3. The summed E-state index contributed by atoms with van der Waals surface area (Å²) >= 11 is 0. The molecule has 8 nitrogen and oxygen atoms in total. The molecule has 2 amide bonds. The number of nitrogens with zero attached hydrogens (tertiary/aromatic N) is 2. The van der Waals surface area contributed by atoms with Crippen LogP contribution in [0.5, 0.6) is 0 Å². The van der Waals surface area contributed by atoms with Gasteiger partial charge in [0.15, 0.2) is 0 Å². The van der Waals surface area contributed by atoms with Gasteiger partial charge >= 0.3 is 5.97 Å². The number of carbonyl (C=O) groups is 3. The molecule has 3 heterocycles. The van der Waals surface area contributed by atoms with Crippen molar-refractivity contribution < 1.29 is 29.0 Å². The van der Waals surface area contributed by atoms with Crippen molar-refractivity contribution in [2.45, 2.75) is 56.3 Å². The Morgan fingerprint density at radius 1 is 1.12 bits per heavy atom. The maximum Gasteiger partial charge on any atom is 0.312 e. The Hall–Kier alpha value is -3.49. The van der Waals surface area contributed by atoms with Crippen molar-refractivity contribution in [3.05, 3.63) is 67.8 Å². The van der Waals surface area contributed by atoms with Crippen molar-refractivity contribution in [2.75, 3.05) is 31.2 Å². The zero-order valence-electron chi connectivity index (χ0n) is 22.9. The van der Waals surface area contributed by atoms with E-state index in [1.165, 1.54) is 0 Å². The average Bonchev–Trinajstić information content (AvgIpc) is 3.61. The number of rotatable bonds is 13. The van der Waals surface area contributed by atoms with Gasteiger partial charge in [-0.15, -0.1) is 13.2 Å². The number of amides is 2. The molecule has 3 fully saturated rings. The molecule has 1 N–H and O–H groups in total. The van der Waals surface area contributed by atoms with Gasteiger partial charge in [-0.1, -0.05) is 42.5 Å². The fraction of sp³-hybridized carbons (Fsp3) is 0.469. The molecule has 8 heteroatoms. The number of esters is 1. The van der Waals surface area contributed by atoms with Gasteiger partial charge in [-0.25, -0.2) is 0 Å². The van der Waals surface area contributed by atoms with Crippen LogP contribution in [0.25, 0.3) is 10.8 Å². The van der Waals surface area contributed by atoms with Crippen LogP contribution in [0.1, 0.15) is 38.5 Å². The van der Waals surface area contributed by atoms with Crippen LogP contribution in [0.4, 0.5) is 5.69 Å². The Morgan fingerprint density at radius 3 is 2.67 bits per heavy atom. The SMILES string of the molecule is C=CCCOC(=O)[C@@H]1[C@@H]2CCC3(O2)C(C(=O)N(CC=C)c2ccc4ccccc4c2)N(CCCCCO)C(=O)[C@H]13. The second-order valence-corrected chi connectivity index (χ2v) is 10.9. The number of hydrogen-bond acceptors (Lipinski definition) is 6. The fourth-order valence-electron chi connectivity index (χ4n) is 6.79. The van der Waals surface area contributed by atoms with E-state index in [0.717, 1.165) is 17.2 Å². The zero-order valence-corrected chi connectivity index (χ0v) is 22.9. The molecule has 2 unspecified atom stereocenters. The molecular formula is C32H38N2O6. The second kappa shape index (κ2) is 11.9. The predicted octanol–water partition coefficient (Wildman–Crippen LogP) is 4.02. The Bertz CT molecular complexity index is 1290. The summed E-state index contributed by atoms with van der Waals surface area (Å²) in [5.74, 6) is -2.42. The van der Waals surface area contributed by atoms with E-state index in [0.29, 0.717) is 44.3 Å². The summed E-state index contributed by atoms with van der Waals surface area (Å²) < 4.78 is 12.0. The number of ether oxygens (including phenoxy) is 2. The van der Waals surface area contributed by atoms with Crippen molar-refractivity contribution >= 4 is 34.2 Å². The molecular weight excluding hydrogens is 508 g/mol. The van der Waals surface area contributed by atoms with E-state index >= 15 is 0 Å². The van der Waals surface area contributed by atoms with Gasteiger partial charge in [-0.3, -0.25) is 14.4 Å². The van der Waals surface area contributed by atoms with Gasteiger partial charge in [0, 0.05) is 25.4 Å². The first-order chi connectivity index (χ1) is 19.5. The van der Waals surface area contributed by atoms with Crippen molar-refractivity contribution in [2.24, 2.45) is 11.8 Å². The number of hydrogen-bond donors (Lipinski definition) is 1. The maximum absolute atomic E-state index is 14.6. The average molecular weight is 547 g/mol. The second-order valence-electron chi connectivity index (χ2n) is 10.9. The number of likely N-dealkylation sites (tertiary alicyclic amines) is 1. The molecule has 5 rings (SSSR count). The third kappa shape index (κ3) is 4.84. The lowest BCUT2D eigenvalue weighted by Gasteiger charge is -2.37. The molecule has 0 aromatic heterocycles. The largest absolute Gasteiger partial charge is 0.465 e.